The molecule has 0 spiro atoms. The number of imidazole rings is 1. The minimum Gasteiger partial charge on any atom is -0.353 e. The number of hydrogen-bond acceptors (Lipinski definition) is 4. The van der Waals surface area contributed by atoms with Gasteiger partial charge in [-0.2, -0.15) is 0 Å². The molecule has 0 unspecified atom stereocenters. The normalized spacial score (nSPS) is 15.5. The van der Waals surface area contributed by atoms with Crippen LogP contribution in [0.3, 0.4) is 0 Å². The molecule has 2 N–H and O–H groups in total. The predicted molar refractivity (Wildman–Crippen MR) is 69.2 cm³/mol. The molecule has 0 aromatic carbocycles. The molecule has 2 rings (SSSR count). The van der Waals surface area contributed by atoms with Gasteiger partial charge >= 0.3 is 0 Å². The van der Waals surface area contributed by atoms with Gasteiger partial charge in [-0.1, -0.05) is 11.6 Å². The second-order valence-corrected chi connectivity index (χ2v) is 6.48. The van der Waals surface area contributed by atoms with Gasteiger partial charge in [-0.3, -0.25) is 4.79 Å². The summed E-state index contributed by atoms with van der Waals surface area (Å²) in [6.45, 7) is 0.0216. The van der Waals surface area contributed by atoms with Crippen LogP contribution in [0.15, 0.2) is 11.4 Å². The van der Waals surface area contributed by atoms with Crippen molar-refractivity contribution in [1.29, 1.82) is 0 Å². The van der Waals surface area contributed by atoms with Crippen LogP contribution in [0.4, 0.5) is 0 Å². The van der Waals surface area contributed by atoms with Crippen LogP contribution in [0, 0.1) is 0 Å². The Morgan fingerprint density at radius 3 is 2.79 bits per heavy atom. The van der Waals surface area contributed by atoms with Crippen LogP contribution >= 0.6 is 11.6 Å². The molecule has 1 aliphatic carbocycles. The summed E-state index contributed by atoms with van der Waals surface area (Å²) in [5, 5.41) is 2.59. The lowest BCUT2D eigenvalue weighted by atomic mass is 10.4. The van der Waals surface area contributed by atoms with Crippen molar-refractivity contribution in [3.05, 3.63) is 11.5 Å². The molecule has 0 atom stereocenters. The molecule has 1 fully saturated rings. The van der Waals surface area contributed by atoms with Crippen LogP contribution in [0.2, 0.25) is 5.15 Å². The zero-order valence-corrected chi connectivity index (χ0v) is 12.0. The zero-order chi connectivity index (χ0) is 14.0. The summed E-state index contributed by atoms with van der Waals surface area (Å²) in [7, 11) is -2.18. The lowest BCUT2D eigenvalue weighted by Crippen LogP contribution is -2.32. The highest BCUT2D eigenvalue weighted by atomic mass is 35.5. The van der Waals surface area contributed by atoms with Crippen LogP contribution in [-0.2, 0) is 21.9 Å². The first-order valence-electron chi connectivity index (χ1n) is 5.86. The van der Waals surface area contributed by atoms with Gasteiger partial charge in [0.25, 0.3) is 10.0 Å². The molecule has 1 aromatic heterocycles. The van der Waals surface area contributed by atoms with E-state index in [1.54, 1.807) is 7.05 Å². The van der Waals surface area contributed by atoms with Gasteiger partial charge in [0.2, 0.25) is 10.9 Å². The lowest BCUT2D eigenvalue weighted by Gasteiger charge is -2.05. The second kappa shape index (κ2) is 5.48. The van der Waals surface area contributed by atoms with Gasteiger partial charge in [-0.05, 0) is 12.8 Å². The summed E-state index contributed by atoms with van der Waals surface area (Å²) in [4.78, 5) is 15.1. The molecule has 106 valence electrons. The van der Waals surface area contributed by atoms with Gasteiger partial charge in [0.15, 0.2) is 0 Å². The van der Waals surface area contributed by atoms with Gasteiger partial charge in [-0.15, -0.1) is 0 Å². The zero-order valence-electron chi connectivity index (χ0n) is 10.4. The van der Waals surface area contributed by atoms with Gasteiger partial charge in [-0.25, -0.2) is 18.1 Å². The highest BCUT2D eigenvalue weighted by Crippen LogP contribution is 2.19. The number of rotatable bonds is 6. The first-order valence-corrected chi connectivity index (χ1v) is 7.72. The Morgan fingerprint density at radius 2 is 2.26 bits per heavy atom. The fourth-order valence-electron chi connectivity index (χ4n) is 1.47. The average Bonchev–Trinajstić information content (AvgIpc) is 3.05. The maximum Gasteiger partial charge on any atom is 0.261 e. The number of amides is 1. The quantitative estimate of drug-likeness (QED) is 0.775. The van der Waals surface area contributed by atoms with E-state index in [1.807, 2.05) is 0 Å². The maximum atomic E-state index is 11.9. The fourth-order valence-corrected chi connectivity index (χ4v) is 2.93. The first kappa shape index (κ1) is 14.3. The number of aromatic nitrogens is 2. The lowest BCUT2D eigenvalue weighted by molar-refractivity contribution is -0.121. The Morgan fingerprint density at radius 1 is 1.58 bits per heavy atom. The van der Waals surface area contributed by atoms with Gasteiger partial charge < -0.3 is 9.88 Å². The van der Waals surface area contributed by atoms with E-state index in [0.29, 0.717) is 0 Å². The summed E-state index contributed by atoms with van der Waals surface area (Å²) < 4.78 is 27.5. The largest absolute Gasteiger partial charge is 0.353 e. The summed E-state index contributed by atoms with van der Waals surface area (Å²) in [5.41, 5.74) is 0. The molecule has 1 heterocycles. The molecular weight excluding hydrogens is 292 g/mol. The second-order valence-electron chi connectivity index (χ2n) is 4.44. The molecule has 7 nitrogen and oxygen atoms in total. The number of carbonyl (C=O) groups excluding carboxylic acids is 1. The molecule has 0 radical (unpaired) electrons. The monoisotopic (exact) mass is 306 g/mol. The Kier molecular flexibility index (Phi) is 4.12. The Balaban J connectivity index is 1.87. The van der Waals surface area contributed by atoms with Crippen molar-refractivity contribution in [2.45, 2.75) is 30.3 Å². The smallest absolute Gasteiger partial charge is 0.261 e. The number of nitrogens with one attached hydrogen (secondary N) is 2. The van der Waals surface area contributed by atoms with E-state index in [9.17, 15) is 13.2 Å². The van der Waals surface area contributed by atoms with Crippen LogP contribution in [0.1, 0.15) is 19.3 Å². The number of aryl methyl sites for hydroxylation is 1. The highest BCUT2D eigenvalue weighted by Gasteiger charge is 2.24. The molecule has 1 saturated carbocycles. The van der Waals surface area contributed by atoms with E-state index in [2.05, 4.69) is 15.0 Å². The van der Waals surface area contributed by atoms with E-state index in [-0.39, 0.29) is 35.1 Å². The number of halogens is 1. The third kappa shape index (κ3) is 3.68. The van der Waals surface area contributed by atoms with Crippen molar-refractivity contribution in [2.75, 3.05) is 6.54 Å². The van der Waals surface area contributed by atoms with Crippen LogP contribution in [0.25, 0.3) is 0 Å². The van der Waals surface area contributed by atoms with Gasteiger partial charge in [0.05, 0.1) is 6.33 Å². The molecule has 0 bridgehead atoms. The van der Waals surface area contributed by atoms with Gasteiger partial charge in [0.1, 0.15) is 5.15 Å². The topological polar surface area (TPSA) is 93.1 Å². The maximum absolute atomic E-state index is 11.9. The van der Waals surface area contributed by atoms with E-state index >= 15 is 0 Å². The minimum atomic E-state index is -3.77. The summed E-state index contributed by atoms with van der Waals surface area (Å²) in [6.07, 6.45) is 3.42. The summed E-state index contributed by atoms with van der Waals surface area (Å²) >= 11 is 5.81. The van der Waals surface area contributed by atoms with Crippen molar-refractivity contribution in [3.63, 3.8) is 0 Å². The number of sulfonamides is 1. The van der Waals surface area contributed by atoms with Gasteiger partial charge in [0, 0.05) is 26.1 Å². The van der Waals surface area contributed by atoms with E-state index in [1.165, 1.54) is 10.9 Å². The van der Waals surface area contributed by atoms with Crippen molar-refractivity contribution in [3.8, 4) is 0 Å². The van der Waals surface area contributed by atoms with E-state index < -0.39 is 10.0 Å². The predicted octanol–water partition coefficient (Wildman–Crippen LogP) is 0.0205. The summed E-state index contributed by atoms with van der Waals surface area (Å²) in [5.74, 6) is -0.155. The number of carbonyl (C=O) groups is 1. The van der Waals surface area contributed by atoms with Crippen LogP contribution < -0.4 is 10.0 Å². The summed E-state index contributed by atoms with van der Waals surface area (Å²) in [6, 6.07) is 0.273. The fraction of sp³-hybridized carbons (Fsp3) is 0.600. The van der Waals surface area contributed by atoms with Crippen LogP contribution in [-0.4, -0.2) is 36.5 Å². The average molecular weight is 307 g/mol. The Hall–Kier alpha value is -1.12. The molecular formula is C10H15ClN4O3S. The third-order valence-electron chi connectivity index (χ3n) is 2.68. The standard InChI is InChI=1S/C10H15ClN4O3S/c1-15-6-12-10(9(15)11)19(17,18)13-5-4-8(16)14-7-2-3-7/h6-7,13H,2-5H2,1H3,(H,14,16). The van der Waals surface area contributed by atoms with Crippen molar-refractivity contribution >= 4 is 27.5 Å². The Labute approximate surface area is 116 Å². The van der Waals surface area contributed by atoms with Crippen molar-refractivity contribution in [2.24, 2.45) is 7.05 Å². The molecule has 0 saturated heterocycles. The SMILES string of the molecule is Cn1cnc(S(=O)(=O)NCCC(=O)NC2CC2)c1Cl. The van der Waals surface area contributed by atoms with Crippen LogP contribution in [0.5, 0.6) is 0 Å². The third-order valence-corrected chi connectivity index (χ3v) is 4.63. The number of nitrogens with zero attached hydrogens (tertiary/aromatic N) is 2. The Bertz CT molecular complexity index is 580. The minimum absolute atomic E-state index is 0.0216. The number of hydrogen-bond donors (Lipinski definition) is 2. The molecule has 0 aliphatic heterocycles. The molecule has 1 aliphatic rings. The molecule has 1 aromatic rings. The molecule has 1 amide bonds. The van der Waals surface area contributed by atoms with E-state index in [0.717, 1.165) is 12.8 Å². The first-order chi connectivity index (χ1) is 8.90. The van der Waals surface area contributed by atoms with Crippen molar-refractivity contribution < 1.29 is 13.2 Å². The van der Waals surface area contributed by atoms with Crippen molar-refractivity contribution in [1.82, 2.24) is 19.6 Å². The van der Waals surface area contributed by atoms with E-state index in [4.69, 9.17) is 11.6 Å². The molecule has 19 heavy (non-hydrogen) atoms. The molecule has 9 heteroatoms. The highest BCUT2D eigenvalue weighted by molar-refractivity contribution is 7.89.